The van der Waals surface area contributed by atoms with Crippen LogP contribution in [0, 0.1) is 0 Å². The minimum atomic E-state index is 0.595. The van der Waals surface area contributed by atoms with Gasteiger partial charge in [0.1, 0.15) is 0 Å². The molecule has 1 N–H and O–H groups in total. The number of nitrogens with zero attached hydrogens (tertiary/aromatic N) is 1. The lowest BCUT2D eigenvalue weighted by molar-refractivity contribution is 0.610. The number of hydrogen-bond acceptors (Lipinski definition) is 2. The first kappa shape index (κ1) is 14.2. The Morgan fingerprint density at radius 2 is 2.05 bits per heavy atom. The highest BCUT2D eigenvalue weighted by atomic mass is 35.5. The van der Waals surface area contributed by atoms with Crippen molar-refractivity contribution in [2.75, 3.05) is 11.4 Å². The fourth-order valence-corrected chi connectivity index (χ4v) is 3.48. The largest absolute Gasteiger partial charge is 0.367 e. The summed E-state index contributed by atoms with van der Waals surface area (Å²) in [5, 5.41) is 4.54. The molecule has 1 aromatic rings. The van der Waals surface area contributed by atoms with Gasteiger partial charge < -0.3 is 10.2 Å². The van der Waals surface area contributed by atoms with Gasteiger partial charge in [-0.3, -0.25) is 0 Å². The summed E-state index contributed by atoms with van der Waals surface area (Å²) in [6.07, 6.45) is 7.91. The van der Waals surface area contributed by atoms with E-state index >= 15 is 0 Å². The second-order valence-corrected chi connectivity index (χ2v) is 6.70. The number of benzene rings is 1. The average Bonchev–Trinajstić information content (AvgIpc) is 3.25. The molecule has 1 saturated heterocycles. The third kappa shape index (κ3) is 3.29. The number of nitrogens with one attached hydrogen (secondary N) is 1. The Kier molecular flexibility index (Phi) is 4.52. The van der Waals surface area contributed by atoms with Gasteiger partial charge in [-0.1, -0.05) is 36.6 Å². The molecule has 1 atom stereocenters. The Balaban J connectivity index is 1.84. The van der Waals surface area contributed by atoms with Gasteiger partial charge >= 0.3 is 0 Å². The fourth-order valence-electron chi connectivity index (χ4n) is 3.17. The Labute approximate surface area is 127 Å². The minimum absolute atomic E-state index is 0.595. The lowest BCUT2D eigenvalue weighted by atomic mass is 10.1. The molecular weight excluding hydrogens is 268 g/mol. The van der Waals surface area contributed by atoms with Crippen LogP contribution in [0.15, 0.2) is 18.2 Å². The van der Waals surface area contributed by atoms with Crippen LogP contribution in [0.25, 0.3) is 0 Å². The highest BCUT2D eigenvalue weighted by Gasteiger charge is 2.24. The van der Waals surface area contributed by atoms with Gasteiger partial charge in [0.15, 0.2) is 0 Å². The van der Waals surface area contributed by atoms with Crippen LogP contribution in [0.1, 0.15) is 51.0 Å². The second kappa shape index (κ2) is 6.36. The number of anilines is 1. The van der Waals surface area contributed by atoms with E-state index in [9.17, 15) is 0 Å². The number of rotatable bonds is 4. The highest BCUT2D eigenvalue weighted by molar-refractivity contribution is 6.33. The minimum Gasteiger partial charge on any atom is -0.367 e. The lowest BCUT2D eigenvalue weighted by Crippen LogP contribution is -2.34. The molecule has 0 amide bonds. The van der Waals surface area contributed by atoms with Gasteiger partial charge in [-0.05, 0) is 44.2 Å². The maximum atomic E-state index is 6.54. The Bertz CT molecular complexity index is 456. The number of halogens is 1. The van der Waals surface area contributed by atoms with Crippen LogP contribution in [-0.2, 0) is 6.54 Å². The SMILES string of the molecule is CC1CCCCCN1c1c(Cl)cccc1CNC1CC1. The van der Waals surface area contributed by atoms with Gasteiger partial charge in [0.05, 0.1) is 10.7 Å². The molecule has 3 rings (SSSR count). The van der Waals surface area contributed by atoms with E-state index in [0.717, 1.165) is 24.2 Å². The predicted octanol–water partition coefficient (Wildman–Crippen LogP) is 4.36. The molecule has 0 spiro atoms. The van der Waals surface area contributed by atoms with Crippen molar-refractivity contribution < 1.29 is 0 Å². The normalized spacial score (nSPS) is 23.7. The summed E-state index contributed by atoms with van der Waals surface area (Å²) >= 11 is 6.54. The van der Waals surface area contributed by atoms with E-state index in [1.165, 1.54) is 49.8 Å². The standard InChI is InChI=1S/C17H25ClN2/c1-13-6-3-2-4-11-20(13)17-14(7-5-8-16(17)18)12-19-15-9-10-15/h5,7-8,13,15,19H,2-4,6,9-12H2,1H3. The van der Waals surface area contributed by atoms with Crippen LogP contribution in [-0.4, -0.2) is 18.6 Å². The third-order valence-electron chi connectivity index (χ3n) is 4.57. The predicted molar refractivity (Wildman–Crippen MR) is 86.6 cm³/mol. The monoisotopic (exact) mass is 292 g/mol. The summed E-state index contributed by atoms with van der Waals surface area (Å²) in [5.41, 5.74) is 2.63. The molecule has 2 nitrogen and oxygen atoms in total. The van der Waals surface area contributed by atoms with E-state index in [4.69, 9.17) is 11.6 Å². The first-order chi connectivity index (χ1) is 9.75. The quantitative estimate of drug-likeness (QED) is 0.887. The number of para-hydroxylation sites is 1. The van der Waals surface area contributed by atoms with Gasteiger partial charge in [0.25, 0.3) is 0 Å². The van der Waals surface area contributed by atoms with E-state index < -0.39 is 0 Å². The summed E-state index contributed by atoms with van der Waals surface area (Å²) in [6, 6.07) is 7.68. The van der Waals surface area contributed by atoms with E-state index in [-0.39, 0.29) is 0 Å². The van der Waals surface area contributed by atoms with Crippen LogP contribution < -0.4 is 10.2 Å². The highest BCUT2D eigenvalue weighted by Crippen LogP contribution is 2.34. The zero-order valence-corrected chi connectivity index (χ0v) is 13.1. The molecular formula is C17H25ClN2. The molecule has 2 fully saturated rings. The Morgan fingerprint density at radius 1 is 1.20 bits per heavy atom. The first-order valence-electron chi connectivity index (χ1n) is 8.03. The van der Waals surface area contributed by atoms with Gasteiger partial charge in [-0.15, -0.1) is 0 Å². The second-order valence-electron chi connectivity index (χ2n) is 6.29. The van der Waals surface area contributed by atoms with Crippen molar-refractivity contribution >= 4 is 17.3 Å². The Hall–Kier alpha value is -0.730. The van der Waals surface area contributed by atoms with Crippen LogP contribution in [0.3, 0.4) is 0 Å². The van der Waals surface area contributed by atoms with E-state index in [1.807, 2.05) is 6.07 Å². The lowest BCUT2D eigenvalue weighted by Gasteiger charge is -2.32. The van der Waals surface area contributed by atoms with Crippen molar-refractivity contribution in [1.29, 1.82) is 0 Å². The molecule has 20 heavy (non-hydrogen) atoms. The van der Waals surface area contributed by atoms with Gasteiger partial charge in [-0.25, -0.2) is 0 Å². The summed E-state index contributed by atoms with van der Waals surface area (Å²) < 4.78 is 0. The van der Waals surface area contributed by atoms with E-state index in [2.05, 4.69) is 29.3 Å². The molecule has 1 unspecified atom stereocenters. The zero-order chi connectivity index (χ0) is 13.9. The summed E-state index contributed by atoms with van der Waals surface area (Å²) in [4.78, 5) is 2.54. The van der Waals surface area contributed by atoms with Crippen LogP contribution >= 0.6 is 11.6 Å². The zero-order valence-electron chi connectivity index (χ0n) is 12.4. The molecule has 110 valence electrons. The maximum absolute atomic E-state index is 6.54. The molecule has 2 aliphatic rings. The molecule has 0 aromatic heterocycles. The third-order valence-corrected chi connectivity index (χ3v) is 4.87. The molecule has 1 aromatic carbocycles. The first-order valence-corrected chi connectivity index (χ1v) is 8.41. The summed E-state index contributed by atoms with van der Waals surface area (Å²) in [6.45, 7) is 4.43. The van der Waals surface area contributed by atoms with Crippen molar-refractivity contribution in [3.8, 4) is 0 Å². The van der Waals surface area contributed by atoms with Gasteiger partial charge in [0.2, 0.25) is 0 Å². The van der Waals surface area contributed by atoms with Crippen LogP contribution in [0.4, 0.5) is 5.69 Å². The van der Waals surface area contributed by atoms with E-state index in [1.54, 1.807) is 0 Å². The topological polar surface area (TPSA) is 15.3 Å². The average molecular weight is 293 g/mol. The summed E-state index contributed by atoms with van der Waals surface area (Å²) in [7, 11) is 0. The maximum Gasteiger partial charge on any atom is 0.0643 e. The molecule has 1 aliphatic heterocycles. The molecule has 1 aliphatic carbocycles. The molecule has 1 saturated carbocycles. The van der Waals surface area contributed by atoms with Crippen molar-refractivity contribution in [2.45, 2.75) is 64.1 Å². The fraction of sp³-hybridized carbons (Fsp3) is 0.647. The van der Waals surface area contributed by atoms with Crippen molar-refractivity contribution in [2.24, 2.45) is 0 Å². The van der Waals surface area contributed by atoms with Crippen molar-refractivity contribution in [3.05, 3.63) is 28.8 Å². The summed E-state index contributed by atoms with van der Waals surface area (Å²) in [5.74, 6) is 0. The molecule has 3 heteroatoms. The van der Waals surface area contributed by atoms with Crippen LogP contribution in [0.5, 0.6) is 0 Å². The van der Waals surface area contributed by atoms with Gasteiger partial charge in [0, 0.05) is 25.2 Å². The van der Waals surface area contributed by atoms with Crippen LogP contribution in [0.2, 0.25) is 5.02 Å². The van der Waals surface area contributed by atoms with Crippen molar-refractivity contribution in [1.82, 2.24) is 5.32 Å². The number of hydrogen-bond donors (Lipinski definition) is 1. The van der Waals surface area contributed by atoms with E-state index in [0.29, 0.717) is 6.04 Å². The van der Waals surface area contributed by atoms with Gasteiger partial charge in [-0.2, -0.15) is 0 Å². The molecule has 0 radical (unpaired) electrons. The van der Waals surface area contributed by atoms with Crippen molar-refractivity contribution in [3.63, 3.8) is 0 Å². The smallest absolute Gasteiger partial charge is 0.0643 e. The molecule has 0 bridgehead atoms. The Morgan fingerprint density at radius 3 is 2.85 bits per heavy atom. The molecule has 1 heterocycles.